The Labute approximate surface area is 805 Å². The molecule has 0 aromatic heterocycles. The summed E-state index contributed by atoms with van der Waals surface area (Å²) in [5, 5.41) is 1.43. The number of Topliss-reactive ketones (excluding diaryl/α,β-unsaturated/α-hetero) is 7. The molecule has 7 aromatic carbocycles. The highest BCUT2D eigenvalue weighted by Crippen LogP contribution is 2.36. The zero-order valence-corrected chi connectivity index (χ0v) is 90.8. The molecule has 0 radical (unpaired) electrons. The molecule has 0 fully saturated rings. The molecule has 8 nitrogen and oxygen atoms in total. The molecular weight excluding hydrogens is 1670 g/mol. The molecule has 0 unspecified atom stereocenters. The third kappa shape index (κ3) is 49.5. The maximum absolute atomic E-state index is 13.8. The number of halogens is 4. The average molecular weight is 1840 g/mol. The molecule has 724 valence electrons. The minimum absolute atomic E-state index is 0.0174. The maximum atomic E-state index is 13.8. The van der Waals surface area contributed by atoms with E-state index in [-0.39, 0.29) is 112 Å². The number of para-hydroxylation sites is 1. The van der Waals surface area contributed by atoms with Gasteiger partial charge in [0.15, 0.2) is 40.5 Å². The molecule has 131 heavy (non-hydrogen) atoms. The molecule has 0 atom stereocenters. The van der Waals surface area contributed by atoms with Crippen LogP contribution in [0.25, 0.3) is 18.2 Å². The van der Waals surface area contributed by atoms with E-state index in [0.29, 0.717) is 62.6 Å². The van der Waals surface area contributed by atoms with Crippen LogP contribution in [-0.4, -0.2) is 47.1 Å². The maximum Gasteiger partial charge on any atom is 0.171 e. The second-order valence-corrected chi connectivity index (χ2v) is 51.2. The van der Waals surface area contributed by atoms with E-state index in [4.69, 9.17) is 27.9 Å². The van der Waals surface area contributed by atoms with Crippen LogP contribution in [0.5, 0.6) is 5.75 Å². The van der Waals surface area contributed by atoms with Crippen molar-refractivity contribution in [1.82, 2.24) is 0 Å². The van der Waals surface area contributed by atoms with E-state index >= 15 is 0 Å². The van der Waals surface area contributed by atoms with Crippen LogP contribution in [0.15, 0.2) is 164 Å². The Balaban J connectivity index is 0.000000764. The van der Waals surface area contributed by atoms with Crippen molar-refractivity contribution in [3.8, 4) is 5.75 Å². The lowest BCUT2D eigenvalue weighted by molar-refractivity contribution is 0.0848. The summed E-state index contributed by atoms with van der Waals surface area (Å²) < 4.78 is 33.3. The van der Waals surface area contributed by atoms with Crippen LogP contribution in [0.4, 0.5) is 8.78 Å². The highest BCUT2D eigenvalue weighted by molar-refractivity contribution is 6.32. The number of rotatable bonds is 19. The summed E-state index contributed by atoms with van der Waals surface area (Å²) in [7, 11) is 0. The fourth-order valence-electron chi connectivity index (χ4n) is 11.9. The highest BCUT2D eigenvalue weighted by Gasteiger charge is 2.31. The van der Waals surface area contributed by atoms with E-state index in [1.54, 1.807) is 42.5 Å². The van der Waals surface area contributed by atoms with Gasteiger partial charge in [0.2, 0.25) is 0 Å². The van der Waals surface area contributed by atoms with Crippen molar-refractivity contribution in [1.29, 1.82) is 0 Å². The molecule has 7 aromatic rings. The number of aryl methyl sites for hydroxylation is 3. The number of benzene rings is 7. The largest absolute Gasteiger partial charge is 0.493 e. The van der Waals surface area contributed by atoms with E-state index in [0.717, 1.165) is 76.9 Å². The summed E-state index contributed by atoms with van der Waals surface area (Å²) in [6, 6.07) is 43.8. The first kappa shape index (κ1) is 121. The predicted molar refractivity (Wildman–Crippen MR) is 560 cm³/mol. The first-order valence-corrected chi connectivity index (χ1v) is 47.6. The molecule has 0 amide bonds. The van der Waals surface area contributed by atoms with Gasteiger partial charge in [-0.3, -0.25) is 33.6 Å². The smallest absolute Gasteiger partial charge is 0.171 e. The summed E-state index contributed by atoms with van der Waals surface area (Å²) in [6.45, 7) is 86.4. The zero-order chi connectivity index (χ0) is 102. The Morgan fingerprint density at radius 1 is 0.282 bits per heavy atom. The highest BCUT2D eigenvalue weighted by atomic mass is 35.5. The third-order valence-electron chi connectivity index (χ3n) is 20.2. The van der Waals surface area contributed by atoms with Gasteiger partial charge >= 0.3 is 0 Å². The lowest BCUT2D eigenvalue weighted by Crippen LogP contribution is -2.21. The normalized spacial score (nSPS) is 12.7. The van der Waals surface area contributed by atoms with Crippen molar-refractivity contribution in [2.24, 2.45) is 75.8 Å². The van der Waals surface area contributed by atoms with Gasteiger partial charge in [-0.2, -0.15) is 0 Å². The molecule has 0 N–H and O–H groups in total. The van der Waals surface area contributed by atoms with Gasteiger partial charge in [-0.15, -0.1) is 0 Å². The van der Waals surface area contributed by atoms with Gasteiger partial charge < -0.3 is 4.74 Å². The number of carbonyl (C=O) groups is 7. The Morgan fingerprint density at radius 2 is 0.595 bits per heavy atom. The van der Waals surface area contributed by atoms with Crippen molar-refractivity contribution in [3.63, 3.8) is 0 Å². The number of hydrogen-bond acceptors (Lipinski definition) is 8. The van der Waals surface area contributed by atoms with Gasteiger partial charge in [0.05, 0.1) is 12.2 Å². The molecule has 0 heterocycles. The summed E-state index contributed by atoms with van der Waals surface area (Å²) in [4.78, 5) is 85.7. The van der Waals surface area contributed by atoms with E-state index in [1.165, 1.54) is 17.7 Å². The molecule has 12 heteroatoms. The average Bonchev–Trinajstić information content (AvgIpc) is 0.792. The van der Waals surface area contributed by atoms with E-state index in [9.17, 15) is 42.3 Å². The van der Waals surface area contributed by atoms with Crippen LogP contribution < -0.4 is 4.74 Å². The van der Waals surface area contributed by atoms with Crippen molar-refractivity contribution in [2.75, 3.05) is 6.61 Å². The third-order valence-corrected chi connectivity index (χ3v) is 20.9. The van der Waals surface area contributed by atoms with Crippen molar-refractivity contribution < 1.29 is 47.1 Å². The Hall–Kier alpha value is -8.31. The number of allylic oxidation sites excluding steroid dienone is 3. The van der Waals surface area contributed by atoms with Crippen LogP contribution in [0.3, 0.4) is 0 Å². The van der Waals surface area contributed by atoms with Gasteiger partial charge in [0, 0.05) is 86.9 Å². The van der Waals surface area contributed by atoms with Crippen molar-refractivity contribution >= 4 is 81.9 Å². The molecule has 0 aliphatic rings. The lowest BCUT2D eigenvalue weighted by Gasteiger charge is -2.21. The number of carbonyl (C=O) groups excluding carboxylic acids is 7. The van der Waals surface area contributed by atoms with Crippen LogP contribution in [-0.2, 0) is 19.3 Å². The van der Waals surface area contributed by atoms with E-state index < -0.39 is 10.8 Å². The molecule has 0 spiro atoms. The fourth-order valence-corrected chi connectivity index (χ4v) is 12.3. The quantitative estimate of drug-likeness (QED) is 0.0732. The molecule has 0 aliphatic carbocycles. The molecule has 0 saturated carbocycles. The van der Waals surface area contributed by atoms with E-state index in [1.807, 2.05) is 263 Å². The van der Waals surface area contributed by atoms with Gasteiger partial charge in [0.25, 0.3) is 0 Å². The SMILES string of the molecule is CC(C)(C)/C=C/c1cc(C(=O)C(C)(C)C)ccc1Cl.CC(C)(C)/C=C/c1cc(C(=O)C(C)(C)C)ccc1F.CC(C)(C)/C=C/c1cccc(C(=O)C(C)(C)C)c1.CC(C)(C)CCOc1ccccc1C(=O)C(C)(C)C.CC(C)(C)CCc1cc(C(=O)C(C)(C)C)ccc1Cl.CC(C)(C)CCc1cc(C(=O)C(C)(C)C)ccc1F.CC(C)(C)CCc1cccc(C(=O)C(C)(C)C)c1. The summed E-state index contributed by atoms with van der Waals surface area (Å²) >= 11 is 12.4. The van der Waals surface area contributed by atoms with Gasteiger partial charge in [0.1, 0.15) is 17.4 Å². The topological polar surface area (TPSA) is 129 Å². The van der Waals surface area contributed by atoms with Crippen LogP contribution in [0.1, 0.15) is 422 Å². The Kier molecular flexibility index (Phi) is 45.4. The first-order valence-electron chi connectivity index (χ1n) is 46.8. The molecule has 0 saturated heterocycles. The van der Waals surface area contributed by atoms with Crippen LogP contribution in [0, 0.1) is 87.4 Å². The standard InChI is InChI=1S/C17H25ClO.C17H23ClO.C17H25FO.C17H23FO.C17H26O2.C17H26O.C17H24O/c4*1-16(2,3)10-9-12-11-13(7-8-14(12)18)15(19)17(4,5)6;1-16(2,3)11-12-19-14-10-8-7-9-13(14)15(18)17(4,5)6;2*1-16(2,3)11-10-13-8-7-9-14(12-13)15(18)17(4,5)6/h7-8,11H,9-10H2,1-6H3;7-11H,1-6H3;7-8,11H,9-10H2,1-6H3;7-11H,1-6H3;7-10H,11-12H2,1-6H3;7-9,12H,10-11H2,1-6H3;7-12H,1-6H3/b;10-9+;;10-9+;;;11-10+. The minimum Gasteiger partial charge on any atom is -0.493 e. The van der Waals surface area contributed by atoms with Crippen LogP contribution >= 0.6 is 23.2 Å². The number of ketones is 7. The Morgan fingerprint density at radius 3 is 0.992 bits per heavy atom. The number of ether oxygens (including phenoxy) is 1. The van der Waals surface area contributed by atoms with Crippen LogP contribution in [0.2, 0.25) is 10.0 Å². The molecule has 0 bridgehead atoms. The van der Waals surface area contributed by atoms with Gasteiger partial charge in [-0.25, -0.2) is 8.78 Å². The molecular formula is C119H172Cl2F2O8. The summed E-state index contributed by atoms with van der Waals surface area (Å²) in [5.74, 6) is 1.11. The lowest BCUT2D eigenvalue weighted by atomic mass is 9.84. The predicted octanol–water partition coefficient (Wildman–Crippen LogP) is 35.9. The zero-order valence-electron chi connectivity index (χ0n) is 89.3. The molecule has 7 rings (SSSR count). The number of hydrogen-bond donors (Lipinski definition) is 0. The fraction of sp³-hybridized carbons (Fsp3) is 0.538. The van der Waals surface area contributed by atoms with Crippen molar-refractivity contribution in [3.05, 3.63) is 258 Å². The summed E-state index contributed by atoms with van der Waals surface area (Å²) in [6.07, 6.45) is 18.7. The summed E-state index contributed by atoms with van der Waals surface area (Å²) in [5.41, 5.74) is 9.00. The van der Waals surface area contributed by atoms with E-state index in [2.05, 4.69) is 155 Å². The van der Waals surface area contributed by atoms with Gasteiger partial charge in [-0.05, 0) is 208 Å². The molecule has 0 aliphatic heterocycles. The first-order chi connectivity index (χ1) is 58.8. The minimum atomic E-state index is -0.456. The second-order valence-electron chi connectivity index (χ2n) is 50.4. The monoisotopic (exact) mass is 1840 g/mol. The Bertz CT molecular complexity index is 4810. The second kappa shape index (κ2) is 49.3. The van der Waals surface area contributed by atoms with Gasteiger partial charge in [-0.1, -0.05) is 399 Å². The van der Waals surface area contributed by atoms with Crippen molar-refractivity contribution in [2.45, 2.75) is 336 Å².